The Morgan fingerprint density at radius 2 is 1.68 bits per heavy atom. The van der Waals surface area contributed by atoms with Gasteiger partial charge in [-0.05, 0) is 34.7 Å². The van der Waals surface area contributed by atoms with E-state index in [4.69, 9.17) is 0 Å². The topological polar surface area (TPSA) is 81.8 Å². The van der Waals surface area contributed by atoms with Gasteiger partial charge >= 0.3 is 0 Å². The number of hydrogen-bond acceptors (Lipinski definition) is 5. The van der Waals surface area contributed by atoms with Crippen molar-refractivity contribution in [3.05, 3.63) is 70.3 Å². The molecule has 3 amide bonds. The lowest BCUT2D eigenvalue weighted by Gasteiger charge is -2.33. The van der Waals surface area contributed by atoms with Crippen LogP contribution in [-0.2, 0) is 22.7 Å². The van der Waals surface area contributed by atoms with E-state index in [1.165, 1.54) is 11.1 Å². The first-order valence-corrected chi connectivity index (χ1v) is 10.9. The Labute approximate surface area is 180 Å². The summed E-state index contributed by atoms with van der Waals surface area (Å²) >= 11 is 0. The van der Waals surface area contributed by atoms with Gasteiger partial charge < -0.3 is 10.2 Å². The second-order valence-electron chi connectivity index (χ2n) is 8.94. The molecule has 2 bridgehead atoms. The van der Waals surface area contributed by atoms with Gasteiger partial charge in [0.15, 0.2) is 0 Å². The maximum atomic E-state index is 13.1. The van der Waals surface area contributed by atoms with Crippen LogP contribution in [0.3, 0.4) is 0 Å². The molecule has 0 aromatic heterocycles. The fourth-order valence-electron chi connectivity index (χ4n) is 5.63. The molecule has 3 unspecified atom stereocenters. The normalized spacial score (nSPS) is 27.3. The Hall–Kier alpha value is -3.03. The third-order valence-electron chi connectivity index (χ3n) is 7.10. The summed E-state index contributed by atoms with van der Waals surface area (Å²) in [6.07, 6.45) is 0.659. The quantitative estimate of drug-likeness (QED) is 0.744. The minimum atomic E-state index is -0.574. The molecule has 2 saturated heterocycles. The van der Waals surface area contributed by atoms with Gasteiger partial charge in [0, 0.05) is 50.2 Å². The van der Waals surface area contributed by atoms with Crippen molar-refractivity contribution in [1.29, 1.82) is 0 Å². The number of hydrogen-bond donors (Lipinski definition) is 2. The number of amides is 3. The number of imide groups is 1. The van der Waals surface area contributed by atoms with Crippen LogP contribution < -0.4 is 10.6 Å². The SMILES string of the molecule is O=C1CCC(N2Cc3c(CN4CC5NC(C4)c4ccccc45)cccc3C2=O)C(=O)N1. The molecule has 3 atom stereocenters. The molecule has 2 aromatic carbocycles. The van der Waals surface area contributed by atoms with Crippen molar-refractivity contribution >= 4 is 17.7 Å². The van der Waals surface area contributed by atoms with E-state index in [2.05, 4.69) is 45.9 Å². The van der Waals surface area contributed by atoms with E-state index in [-0.39, 0.29) is 24.1 Å². The summed E-state index contributed by atoms with van der Waals surface area (Å²) in [5.41, 5.74) is 5.63. The number of benzene rings is 2. The highest BCUT2D eigenvalue weighted by Gasteiger charge is 2.41. The van der Waals surface area contributed by atoms with E-state index in [1.54, 1.807) is 4.90 Å². The summed E-state index contributed by atoms with van der Waals surface area (Å²) in [4.78, 5) is 41.0. The van der Waals surface area contributed by atoms with Gasteiger partial charge in [-0.15, -0.1) is 0 Å². The zero-order valence-electron chi connectivity index (χ0n) is 17.1. The molecule has 7 nitrogen and oxygen atoms in total. The molecule has 6 rings (SSSR count). The van der Waals surface area contributed by atoms with E-state index >= 15 is 0 Å². The maximum Gasteiger partial charge on any atom is 0.255 e. The molecule has 4 aliphatic rings. The Morgan fingerprint density at radius 1 is 0.935 bits per heavy atom. The van der Waals surface area contributed by atoms with E-state index in [1.807, 2.05) is 12.1 Å². The zero-order chi connectivity index (χ0) is 21.1. The van der Waals surface area contributed by atoms with Crippen LogP contribution in [0.2, 0.25) is 0 Å². The first-order valence-electron chi connectivity index (χ1n) is 10.9. The van der Waals surface area contributed by atoms with Crippen LogP contribution in [0.25, 0.3) is 0 Å². The van der Waals surface area contributed by atoms with E-state index in [9.17, 15) is 14.4 Å². The van der Waals surface area contributed by atoms with Crippen molar-refractivity contribution in [3.63, 3.8) is 0 Å². The molecule has 4 heterocycles. The van der Waals surface area contributed by atoms with E-state index in [0.29, 0.717) is 30.6 Å². The zero-order valence-corrected chi connectivity index (χ0v) is 17.1. The van der Waals surface area contributed by atoms with Crippen LogP contribution in [0, 0.1) is 0 Å². The van der Waals surface area contributed by atoms with Crippen molar-refractivity contribution in [1.82, 2.24) is 20.4 Å². The number of piperazine rings is 1. The molecule has 2 N–H and O–H groups in total. The molecule has 0 saturated carbocycles. The average molecular weight is 416 g/mol. The number of rotatable bonds is 3. The lowest BCUT2D eigenvalue weighted by molar-refractivity contribution is -0.136. The molecule has 2 fully saturated rings. The fourth-order valence-corrected chi connectivity index (χ4v) is 5.63. The standard InChI is InChI=1S/C24H24N4O3/c29-22-9-8-21(23(30)26-22)28-11-18-14(4-3-7-17(18)24(28)31)10-27-12-19-15-5-1-2-6-16(15)20(13-27)25-19/h1-7,19-21,25H,8-13H2,(H,26,29,30). The third kappa shape index (κ3) is 2.99. The van der Waals surface area contributed by atoms with Gasteiger partial charge in [0.2, 0.25) is 11.8 Å². The lowest BCUT2D eigenvalue weighted by Crippen LogP contribution is -2.52. The van der Waals surface area contributed by atoms with Crippen molar-refractivity contribution in [2.24, 2.45) is 0 Å². The molecule has 0 aliphatic carbocycles. The molecular weight excluding hydrogens is 392 g/mol. The number of piperidine rings is 1. The average Bonchev–Trinajstić information content (AvgIpc) is 3.23. The maximum absolute atomic E-state index is 13.1. The Bertz CT molecular complexity index is 1080. The highest BCUT2D eigenvalue weighted by molar-refractivity contribution is 6.05. The lowest BCUT2D eigenvalue weighted by atomic mass is 10.0. The van der Waals surface area contributed by atoms with Gasteiger partial charge in [-0.2, -0.15) is 0 Å². The number of carbonyl (C=O) groups excluding carboxylic acids is 3. The summed E-state index contributed by atoms with van der Waals surface area (Å²) in [6, 6.07) is 14.6. The van der Waals surface area contributed by atoms with Crippen LogP contribution in [0.4, 0.5) is 0 Å². The van der Waals surface area contributed by atoms with Crippen LogP contribution in [0.1, 0.15) is 57.5 Å². The minimum absolute atomic E-state index is 0.112. The molecule has 0 radical (unpaired) electrons. The van der Waals surface area contributed by atoms with Gasteiger partial charge in [-0.25, -0.2) is 0 Å². The summed E-state index contributed by atoms with van der Waals surface area (Å²) < 4.78 is 0. The monoisotopic (exact) mass is 416 g/mol. The van der Waals surface area contributed by atoms with Crippen molar-refractivity contribution in [3.8, 4) is 0 Å². The van der Waals surface area contributed by atoms with Crippen molar-refractivity contribution < 1.29 is 14.4 Å². The largest absolute Gasteiger partial charge is 0.322 e. The Morgan fingerprint density at radius 3 is 2.39 bits per heavy atom. The molecule has 0 spiro atoms. The highest BCUT2D eigenvalue weighted by Crippen LogP contribution is 2.38. The van der Waals surface area contributed by atoms with Gasteiger partial charge in [-0.1, -0.05) is 36.4 Å². The number of nitrogens with zero attached hydrogens (tertiary/aromatic N) is 2. The molecule has 31 heavy (non-hydrogen) atoms. The minimum Gasteiger partial charge on any atom is -0.322 e. The molecule has 158 valence electrons. The Balaban J connectivity index is 1.23. The predicted octanol–water partition coefficient (Wildman–Crippen LogP) is 1.65. The highest BCUT2D eigenvalue weighted by atomic mass is 16.2. The third-order valence-corrected chi connectivity index (χ3v) is 7.10. The fraction of sp³-hybridized carbons (Fsp3) is 0.375. The van der Waals surface area contributed by atoms with Crippen molar-refractivity contribution in [2.45, 2.75) is 44.1 Å². The molecular formula is C24H24N4O3. The van der Waals surface area contributed by atoms with Gasteiger partial charge in [0.1, 0.15) is 6.04 Å². The number of nitrogens with one attached hydrogen (secondary N) is 2. The van der Waals surface area contributed by atoms with Gasteiger partial charge in [0.25, 0.3) is 5.91 Å². The van der Waals surface area contributed by atoms with Crippen LogP contribution in [0.15, 0.2) is 42.5 Å². The molecule has 4 aliphatic heterocycles. The Kier molecular flexibility index (Phi) is 4.23. The van der Waals surface area contributed by atoms with Gasteiger partial charge in [-0.3, -0.25) is 24.6 Å². The smallest absolute Gasteiger partial charge is 0.255 e. The first kappa shape index (κ1) is 18.7. The van der Waals surface area contributed by atoms with Crippen LogP contribution >= 0.6 is 0 Å². The second kappa shape index (κ2) is 7.00. The van der Waals surface area contributed by atoms with E-state index in [0.717, 1.165) is 30.8 Å². The second-order valence-corrected chi connectivity index (χ2v) is 8.94. The summed E-state index contributed by atoms with van der Waals surface area (Å²) in [6.45, 7) is 3.07. The van der Waals surface area contributed by atoms with Gasteiger partial charge in [0.05, 0.1) is 0 Å². The summed E-state index contributed by atoms with van der Waals surface area (Å²) in [5, 5.41) is 6.09. The predicted molar refractivity (Wildman–Crippen MR) is 113 cm³/mol. The number of fused-ring (bicyclic) bond motifs is 6. The molecule has 2 aromatic rings. The van der Waals surface area contributed by atoms with Crippen molar-refractivity contribution in [2.75, 3.05) is 13.1 Å². The first-order chi connectivity index (χ1) is 15.1. The number of carbonyl (C=O) groups is 3. The summed E-state index contributed by atoms with van der Waals surface area (Å²) in [5.74, 6) is -0.741. The molecule has 7 heteroatoms. The van der Waals surface area contributed by atoms with Crippen LogP contribution in [0.5, 0.6) is 0 Å². The van der Waals surface area contributed by atoms with Crippen LogP contribution in [-0.4, -0.2) is 46.7 Å². The summed E-state index contributed by atoms with van der Waals surface area (Å²) in [7, 11) is 0. The van der Waals surface area contributed by atoms with E-state index < -0.39 is 6.04 Å².